The Balaban J connectivity index is 1.87. The number of tetrazole rings is 1. The van der Waals surface area contributed by atoms with E-state index in [-0.39, 0.29) is 6.61 Å². The zero-order chi connectivity index (χ0) is 17.8. The Kier molecular flexibility index (Phi) is 4.61. The predicted molar refractivity (Wildman–Crippen MR) is 90.7 cm³/mol. The van der Waals surface area contributed by atoms with Gasteiger partial charge in [0.2, 0.25) is 0 Å². The van der Waals surface area contributed by atoms with Crippen molar-refractivity contribution in [2.24, 2.45) is 0 Å². The molecule has 126 valence electrons. The lowest BCUT2D eigenvalue weighted by Crippen LogP contribution is -2.10. The van der Waals surface area contributed by atoms with Gasteiger partial charge in [0.1, 0.15) is 0 Å². The van der Waals surface area contributed by atoms with Crippen LogP contribution in [0.2, 0.25) is 0 Å². The minimum atomic E-state index is 0.170. The number of para-hydroxylation sites is 1. The first kappa shape index (κ1) is 16.5. The third-order valence-corrected chi connectivity index (χ3v) is 3.83. The largest absolute Gasteiger partial charge is 0.493 e. The van der Waals surface area contributed by atoms with Gasteiger partial charge in [0.25, 0.3) is 0 Å². The van der Waals surface area contributed by atoms with Gasteiger partial charge >= 0.3 is 0 Å². The summed E-state index contributed by atoms with van der Waals surface area (Å²) in [6.45, 7) is 4.19. The molecule has 0 atom stereocenters. The smallest absolute Gasteiger partial charge is 0.194 e. The molecular formula is C18H17N5O2. The molecule has 0 spiro atoms. The van der Waals surface area contributed by atoms with Crippen LogP contribution in [-0.4, -0.2) is 27.3 Å². The van der Waals surface area contributed by atoms with Crippen LogP contribution < -0.4 is 9.47 Å². The number of rotatable bonds is 5. The summed E-state index contributed by atoms with van der Waals surface area (Å²) in [5.41, 5.74) is 3.59. The molecule has 0 bridgehead atoms. The maximum absolute atomic E-state index is 8.97. The van der Waals surface area contributed by atoms with Crippen molar-refractivity contribution >= 4 is 0 Å². The first-order valence-corrected chi connectivity index (χ1v) is 7.69. The highest BCUT2D eigenvalue weighted by molar-refractivity contribution is 5.47. The van der Waals surface area contributed by atoms with Gasteiger partial charge in [-0.2, -0.15) is 9.94 Å². The number of hydrogen-bond acceptors (Lipinski definition) is 6. The quantitative estimate of drug-likeness (QED) is 0.712. The summed E-state index contributed by atoms with van der Waals surface area (Å²) >= 11 is 0. The molecule has 0 amide bonds. The fourth-order valence-corrected chi connectivity index (χ4v) is 2.61. The molecule has 0 aliphatic rings. The molecule has 25 heavy (non-hydrogen) atoms. The highest BCUT2D eigenvalue weighted by Crippen LogP contribution is 2.28. The van der Waals surface area contributed by atoms with Crippen LogP contribution in [0.15, 0.2) is 36.4 Å². The van der Waals surface area contributed by atoms with E-state index in [1.54, 1.807) is 22.9 Å². The summed E-state index contributed by atoms with van der Waals surface area (Å²) < 4.78 is 12.8. The minimum absolute atomic E-state index is 0.170. The maximum atomic E-state index is 8.97. The SMILES string of the molecule is COc1cc(C#N)ccc1OCc1nnnn1-c1c(C)cccc1C. The fourth-order valence-electron chi connectivity index (χ4n) is 2.61. The number of methoxy groups -OCH3 is 1. The monoisotopic (exact) mass is 335 g/mol. The normalized spacial score (nSPS) is 10.3. The van der Waals surface area contributed by atoms with Gasteiger partial charge in [0.05, 0.1) is 24.4 Å². The molecule has 1 heterocycles. The lowest BCUT2D eigenvalue weighted by Gasteiger charge is -2.13. The van der Waals surface area contributed by atoms with Crippen LogP contribution in [0.1, 0.15) is 22.5 Å². The topological polar surface area (TPSA) is 85.8 Å². The molecule has 3 rings (SSSR count). The van der Waals surface area contributed by atoms with Crippen LogP contribution in [-0.2, 0) is 6.61 Å². The standard InChI is InChI=1S/C18H17N5O2/c1-12-5-4-6-13(2)18(12)23-17(20-21-22-23)11-25-15-8-7-14(10-19)9-16(15)24-3/h4-9H,11H2,1-3H3. The summed E-state index contributed by atoms with van der Waals surface area (Å²) in [7, 11) is 1.53. The van der Waals surface area contributed by atoms with Crippen molar-refractivity contribution in [3.63, 3.8) is 0 Å². The van der Waals surface area contributed by atoms with Gasteiger partial charge in [-0.15, -0.1) is 5.10 Å². The molecule has 0 saturated heterocycles. The van der Waals surface area contributed by atoms with E-state index in [1.807, 2.05) is 32.0 Å². The second-order valence-corrected chi connectivity index (χ2v) is 5.51. The molecule has 0 saturated carbocycles. The fraction of sp³-hybridized carbons (Fsp3) is 0.222. The molecule has 0 aliphatic carbocycles. The van der Waals surface area contributed by atoms with Gasteiger partial charge in [-0.25, -0.2) is 0 Å². The highest BCUT2D eigenvalue weighted by Gasteiger charge is 2.14. The Morgan fingerprint density at radius 1 is 1.12 bits per heavy atom. The molecule has 0 fully saturated rings. The molecule has 1 aromatic heterocycles. The van der Waals surface area contributed by atoms with Gasteiger partial charge in [-0.3, -0.25) is 0 Å². The van der Waals surface area contributed by atoms with E-state index >= 15 is 0 Å². The molecule has 7 heteroatoms. The van der Waals surface area contributed by atoms with Crippen LogP contribution in [0, 0.1) is 25.2 Å². The summed E-state index contributed by atoms with van der Waals surface area (Å²) in [5.74, 6) is 1.59. The van der Waals surface area contributed by atoms with Crippen LogP contribution in [0.25, 0.3) is 5.69 Å². The number of nitrogens with zero attached hydrogens (tertiary/aromatic N) is 5. The van der Waals surface area contributed by atoms with Crippen molar-refractivity contribution < 1.29 is 9.47 Å². The predicted octanol–water partition coefficient (Wildman–Crippen LogP) is 2.74. The number of aryl methyl sites for hydroxylation is 2. The number of ether oxygens (including phenoxy) is 2. The van der Waals surface area contributed by atoms with Crippen molar-refractivity contribution in [1.29, 1.82) is 5.26 Å². The van der Waals surface area contributed by atoms with Crippen LogP contribution >= 0.6 is 0 Å². The number of benzene rings is 2. The van der Waals surface area contributed by atoms with E-state index < -0.39 is 0 Å². The molecule has 0 aliphatic heterocycles. The maximum Gasteiger partial charge on any atom is 0.194 e. The van der Waals surface area contributed by atoms with Crippen LogP contribution in [0.3, 0.4) is 0 Å². The third-order valence-electron chi connectivity index (χ3n) is 3.83. The second-order valence-electron chi connectivity index (χ2n) is 5.51. The highest BCUT2D eigenvalue weighted by atomic mass is 16.5. The Morgan fingerprint density at radius 3 is 2.56 bits per heavy atom. The Bertz CT molecular complexity index is 923. The summed E-state index contributed by atoms with van der Waals surface area (Å²) in [6.07, 6.45) is 0. The molecule has 0 radical (unpaired) electrons. The van der Waals surface area contributed by atoms with Gasteiger partial charge < -0.3 is 9.47 Å². The zero-order valence-electron chi connectivity index (χ0n) is 14.2. The van der Waals surface area contributed by atoms with E-state index in [0.29, 0.717) is 22.9 Å². The first-order valence-electron chi connectivity index (χ1n) is 7.69. The van der Waals surface area contributed by atoms with E-state index in [9.17, 15) is 0 Å². The second kappa shape index (κ2) is 7.01. The van der Waals surface area contributed by atoms with E-state index in [1.165, 1.54) is 7.11 Å². The molecule has 0 N–H and O–H groups in total. The number of hydrogen-bond donors (Lipinski definition) is 0. The molecule has 3 aromatic rings. The van der Waals surface area contributed by atoms with Crippen LogP contribution in [0.5, 0.6) is 11.5 Å². The molecule has 2 aromatic carbocycles. The lowest BCUT2D eigenvalue weighted by molar-refractivity contribution is 0.273. The van der Waals surface area contributed by atoms with Gasteiger partial charge in [-0.1, -0.05) is 18.2 Å². The summed E-state index contributed by atoms with van der Waals surface area (Å²) in [4.78, 5) is 0. The Hall–Kier alpha value is -3.40. The van der Waals surface area contributed by atoms with Gasteiger partial charge in [0, 0.05) is 6.07 Å². The van der Waals surface area contributed by atoms with Crippen molar-refractivity contribution in [2.75, 3.05) is 7.11 Å². The van der Waals surface area contributed by atoms with E-state index in [2.05, 4.69) is 21.6 Å². The lowest BCUT2D eigenvalue weighted by atomic mass is 10.1. The van der Waals surface area contributed by atoms with Crippen LogP contribution in [0.4, 0.5) is 0 Å². The number of aromatic nitrogens is 4. The average molecular weight is 335 g/mol. The summed E-state index contributed by atoms with van der Waals surface area (Å²) in [5, 5.41) is 20.9. The van der Waals surface area contributed by atoms with Crippen molar-refractivity contribution in [2.45, 2.75) is 20.5 Å². The van der Waals surface area contributed by atoms with E-state index in [0.717, 1.165) is 16.8 Å². The molecule has 7 nitrogen and oxygen atoms in total. The minimum Gasteiger partial charge on any atom is -0.493 e. The summed E-state index contributed by atoms with van der Waals surface area (Å²) in [6, 6.07) is 13.1. The van der Waals surface area contributed by atoms with Crippen molar-refractivity contribution in [1.82, 2.24) is 20.2 Å². The van der Waals surface area contributed by atoms with E-state index in [4.69, 9.17) is 14.7 Å². The molecular weight excluding hydrogens is 318 g/mol. The van der Waals surface area contributed by atoms with Crippen molar-refractivity contribution in [3.8, 4) is 23.3 Å². The third kappa shape index (κ3) is 3.28. The average Bonchev–Trinajstić information content (AvgIpc) is 3.07. The van der Waals surface area contributed by atoms with Gasteiger partial charge in [-0.05, 0) is 47.5 Å². The number of nitriles is 1. The zero-order valence-corrected chi connectivity index (χ0v) is 14.2. The molecule has 0 unspecified atom stereocenters. The first-order chi connectivity index (χ1) is 12.1. The Morgan fingerprint density at radius 2 is 1.88 bits per heavy atom. The Labute approximate surface area is 145 Å². The van der Waals surface area contributed by atoms with Gasteiger partial charge in [0.15, 0.2) is 23.9 Å². The van der Waals surface area contributed by atoms with Crippen molar-refractivity contribution in [3.05, 3.63) is 58.9 Å².